The Morgan fingerprint density at radius 3 is 2.67 bits per heavy atom. The van der Waals surface area contributed by atoms with Crippen molar-refractivity contribution in [1.82, 2.24) is 0 Å². The SMILES string of the molecule is CCC1(C(=O)c2sccc2Cl)CCCC1. The van der Waals surface area contributed by atoms with Gasteiger partial charge in [-0.1, -0.05) is 31.4 Å². The maximum absolute atomic E-state index is 12.4. The third kappa shape index (κ3) is 1.85. The van der Waals surface area contributed by atoms with Gasteiger partial charge in [-0.25, -0.2) is 0 Å². The molecule has 1 fully saturated rings. The molecular formula is C12H15ClOS. The molecule has 1 aliphatic carbocycles. The predicted molar refractivity (Wildman–Crippen MR) is 64.9 cm³/mol. The fourth-order valence-corrected chi connectivity index (χ4v) is 3.69. The summed E-state index contributed by atoms with van der Waals surface area (Å²) >= 11 is 7.50. The molecule has 1 aromatic rings. The van der Waals surface area contributed by atoms with Crippen LogP contribution in [0.5, 0.6) is 0 Å². The van der Waals surface area contributed by atoms with Gasteiger partial charge in [-0.3, -0.25) is 4.79 Å². The molecule has 0 saturated heterocycles. The molecule has 0 atom stereocenters. The Morgan fingerprint density at radius 2 is 2.20 bits per heavy atom. The van der Waals surface area contributed by atoms with Gasteiger partial charge in [-0.2, -0.15) is 0 Å². The molecule has 0 aromatic carbocycles. The van der Waals surface area contributed by atoms with Crippen LogP contribution in [-0.4, -0.2) is 5.78 Å². The number of thiophene rings is 1. The third-order valence-electron chi connectivity index (χ3n) is 3.54. The van der Waals surface area contributed by atoms with E-state index in [0.29, 0.717) is 5.02 Å². The van der Waals surface area contributed by atoms with Crippen LogP contribution >= 0.6 is 22.9 Å². The number of halogens is 1. The standard InChI is InChI=1S/C12H15ClOS/c1-2-12(6-3-4-7-12)11(14)10-9(13)5-8-15-10/h5,8H,2-4,6-7H2,1H3. The van der Waals surface area contributed by atoms with Gasteiger partial charge < -0.3 is 0 Å². The van der Waals surface area contributed by atoms with Crippen molar-refractivity contribution < 1.29 is 4.79 Å². The average Bonchev–Trinajstić information content (AvgIpc) is 2.86. The van der Waals surface area contributed by atoms with Crippen molar-refractivity contribution in [2.24, 2.45) is 5.41 Å². The lowest BCUT2D eigenvalue weighted by atomic mass is 9.78. The van der Waals surface area contributed by atoms with Crippen molar-refractivity contribution in [3.63, 3.8) is 0 Å². The van der Waals surface area contributed by atoms with Crippen molar-refractivity contribution in [1.29, 1.82) is 0 Å². The van der Waals surface area contributed by atoms with E-state index in [2.05, 4.69) is 6.92 Å². The van der Waals surface area contributed by atoms with Gasteiger partial charge in [0.1, 0.15) is 0 Å². The largest absolute Gasteiger partial charge is 0.293 e. The Balaban J connectivity index is 2.30. The molecule has 0 spiro atoms. The summed E-state index contributed by atoms with van der Waals surface area (Å²) < 4.78 is 0. The normalized spacial score (nSPS) is 19.3. The van der Waals surface area contributed by atoms with E-state index in [1.807, 2.05) is 11.4 Å². The second-order valence-corrected chi connectivity index (χ2v) is 5.59. The minimum Gasteiger partial charge on any atom is -0.293 e. The van der Waals surface area contributed by atoms with E-state index in [0.717, 1.165) is 24.1 Å². The van der Waals surface area contributed by atoms with Gasteiger partial charge in [0.25, 0.3) is 0 Å². The second-order valence-electron chi connectivity index (χ2n) is 4.27. The smallest absolute Gasteiger partial charge is 0.180 e. The van der Waals surface area contributed by atoms with Crippen LogP contribution in [0, 0.1) is 5.41 Å². The predicted octanol–water partition coefficient (Wildman–Crippen LogP) is 4.55. The number of hydrogen-bond donors (Lipinski definition) is 0. The lowest BCUT2D eigenvalue weighted by Crippen LogP contribution is -2.26. The lowest BCUT2D eigenvalue weighted by Gasteiger charge is -2.25. The Labute approximate surface area is 99.5 Å². The van der Waals surface area contributed by atoms with Crippen molar-refractivity contribution in [3.05, 3.63) is 21.3 Å². The first-order valence-corrected chi connectivity index (χ1v) is 6.73. The highest BCUT2D eigenvalue weighted by atomic mass is 35.5. The van der Waals surface area contributed by atoms with Crippen LogP contribution in [0.2, 0.25) is 5.02 Å². The van der Waals surface area contributed by atoms with E-state index in [1.165, 1.54) is 24.2 Å². The molecule has 0 amide bonds. The number of rotatable bonds is 3. The highest BCUT2D eigenvalue weighted by molar-refractivity contribution is 7.12. The molecule has 0 bridgehead atoms. The van der Waals surface area contributed by atoms with E-state index < -0.39 is 0 Å². The number of ketones is 1. The zero-order valence-electron chi connectivity index (χ0n) is 8.88. The monoisotopic (exact) mass is 242 g/mol. The Hall–Kier alpha value is -0.340. The first-order chi connectivity index (χ1) is 7.19. The van der Waals surface area contributed by atoms with Crippen LogP contribution < -0.4 is 0 Å². The van der Waals surface area contributed by atoms with Crippen molar-refractivity contribution in [2.75, 3.05) is 0 Å². The first-order valence-electron chi connectivity index (χ1n) is 5.47. The first kappa shape index (κ1) is 11.2. The van der Waals surface area contributed by atoms with Crippen molar-refractivity contribution in [2.45, 2.75) is 39.0 Å². The molecule has 1 nitrogen and oxygen atoms in total. The van der Waals surface area contributed by atoms with Crippen LogP contribution in [0.25, 0.3) is 0 Å². The molecule has 0 unspecified atom stereocenters. The molecule has 0 aliphatic heterocycles. The summed E-state index contributed by atoms with van der Waals surface area (Å²) in [5.41, 5.74) is -0.103. The summed E-state index contributed by atoms with van der Waals surface area (Å²) in [4.78, 5) is 13.2. The van der Waals surface area contributed by atoms with Crippen LogP contribution in [0.15, 0.2) is 11.4 Å². The van der Waals surface area contributed by atoms with E-state index in [1.54, 1.807) is 0 Å². The lowest BCUT2D eigenvalue weighted by molar-refractivity contribution is 0.0796. The minimum absolute atomic E-state index is 0.103. The van der Waals surface area contributed by atoms with Gasteiger partial charge in [0.2, 0.25) is 0 Å². The molecule has 1 aromatic heterocycles. The van der Waals surface area contributed by atoms with Gasteiger partial charge >= 0.3 is 0 Å². The summed E-state index contributed by atoms with van der Waals surface area (Å²) in [7, 11) is 0. The number of carbonyl (C=O) groups excluding carboxylic acids is 1. The van der Waals surface area contributed by atoms with Gasteiger partial charge in [-0.05, 0) is 30.7 Å². The van der Waals surface area contributed by atoms with Gasteiger partial charge in [0, 0.05) is 5.41 Å². The Kier molecular flexibility index (Phi) is 3.17. The zero-order chi connectivity index (χ0) is 10.9. The van der Waals surface area contributed by atoms with Gasteiger partial charge in [0.15, 0.2) is 5.78 Å². The summed E-state index contributed by atoms with van der Waals surface area (Å²) in [6, 6.07) is 1.82. The van der Waals surface area contributed by atoms with Gasteiger partial charge in [-0.15, -0.1) is 11.3 Å². The van der Waals surface area contributed by atoms with E-state index in [-0.39, 0.29) is 11.2 Å². The Morgan fingerprint density at radius 1 is 1.53 bits per heavy atom. The van der Waals surface area contributed by atoms with Gasteiger partial charge in [0.05, 0.1) is 9.90 Å². The molecule has 82 valence electrons. The molecule has 1 heterocycles. The number of carbonyl (C=O) groups is 1. The molecular weight excluding hydrogens is 228 g/mol. The van der Waals surface area contributed by atoms with E-state index in [9.17, 15) is 4.79 Å². The van der Waals surface area contributed by atoms with Crippen molar-refractivity contribution in [3.8, 4) is 0 Å². The third-order valence-corrected chi connectivity index (χ3v) is 4.88. The average molecular weight is 243 g/mol. The molecule has 2 rings (SSSR count). The molecule has 1 saturated carbocycles. The fraction of sp³-hybridized carbons (Fsp3) is 0.583. The molecule has 0 N–H and O–H groups in total. The van der Waals surface area contributed by atoms with Crippen LogP contribution in [-0.2, 0) is 0 Å². The second kappa shape index (κ2) is 4.26. The zero-order valence-corrected chi connectivity index (χ0v) is 10.5. The highest BCUT2D eigenvalue weighted by Crippen LogP contribution is 2.45. The molecule has 1 aliphatic rings. The summed E-state index contributed by atoms with van der Waals surface area (Å²) in [6.45, 7) is 2.12. The summed E-state index contributed by atoms with van der Waals surface area (Å²) in [6.07, 6.45) is 5.39. The molecule has 3 heteroatoms. The summed E-state index contributed by atoms with van der Waals surface area (Å²) in [5, 5.41) is 2.53. The number of hydrogen-bond acceptors (Lipinski definition) is 2. The number of Topliss-reactive ketones (excluding diaryl/α,β-unsaturated/α-hetero) is 1. The van der Waals surface area contributed by atoms with Crippen LogP contribution in [0.1, 0.15) is 48.7 Å². The minimum atomic E-state index is -0.103. The fourth-order valence-electron chi connectivity index (χ4n) is 2.49. The van der Waals surface area contributed by atoms with E-state index in [4.69, 9.17) is 11.6 Å². The summed E-state index contributed by atoms with van der Waals surface area (Å²) in [5.74, 6) is 0.280. The van der Waals surface area contributed by atoms with E-state index >= 15 is 0 Å². The molecule has 15 heavy (non-hydrogen) atoms. The Bertz CT molecular complexity index is 363. The maximum Gasteiger partial charge on any atom is 0.180 e. The molecule has 0 radical (unpaired) electrons. The quantitative estimate of drug-likeness (QED) is 0.711. The maximum atomic E-state index is 12.4. The topological polar surface area (TPSA) is 17.1 Å². The van der Waals surface area contributed by atoms with Crippen LogP contribution in [0.3, 0.4) is 0 Å². The van der Waals surface area contributed by atoms with Crippen LogP contribution in [0.4, 0.5) is 0 Å². The van der Waals surface area contributed by atoms with Crippen molar-refractivity contribution >= 4 is 28.7 Å². The highest BCUT2D eigenvalue weighted by Gasteiger charge is 2.40.